The Morgan fingerprint density at radius 1 is 0.926 bits per heavy atom. The standard InChI is InChI=1S/C22H26N2O3/c1-24(19-6-4-3-5-7-19)22(26)17-10-8-16(9-11-17)21(25)23-18-12-14-20(27-2)15-13-18/h3-7,12-17H,8-11H2,1-2H3,(H,23,25). The third-order valence-electron chi connectivity index (χ3n) is 5.28. The van der Waals surface area contributed by atoms with Crippen molar-refractivity contribution in [2.75, 3.05) is 24.4 Å². The summed E-state index contributed by atoms with van der Waals surface area (Å²) in [5.74, 6) is 0.866. The van der Waals surface area contributed by atoms with Gasteiger partial charge >= 0.3 is 0 Å². The topological polar surface area (TPSA) is 58.6 Å². The molecular weight excluding hydrogens is 340 g/mol. The number of hydrogen-bond donors (Lipinski definition) is 1. The lowest BCUT2D eigenvalue weighted by Crippen LogP contribution is -2.36. The molecule has 3 rings (SSSR count). The summed E-state index contributed by atoms with van der Waals surface area (Å²) in [5, 5.41) is 2.97. The Hall–Kier alpha value is -2.82. The summed E-state index contributed by atoms with van der Waals surface area (Å²) in [6.07, 6.45) is 2.97. The van der Waals surface area contributed by atoms with Crippen LogP contribution in [0, 0.1) is 11.8 Å². The van der Waals surface area contributed by atoms with Crippen molar-refractivity contribution in [3.63, 3.8) is 0 Å². The molecule has 0 aliphatic heterocycles. The molecule has 0 heterocycles. The van der Waals surface area contributed by atoms with Crippen LogP contribution in [-0.4, -0.2) is 26.0 Å². The Morgan fingerprint density at radius 2 is 1.52 bits per heavy atom. The lowest BCUT2D eigenvalue weighted by molar-refractivity contribution is -0.126. The van der Waals surface area contributed by atoms with Gasteiger partial charge in [0.05, 0.1) is 7.11 Å². The van der Waals surface area contributed by atoms with E-state index in [1.165, 1.54) is 0 Å². The Balaban J connectivity index is 1.51. The van der Waals surface area contributed by atoms with Crippen LogP contribution in [0.5, 0.6) is 5.75 Å². The lowest BCUT2D eigenvalue weighted by Gasteiger charge is -2.30. The molecule has 2 aromatic rings. The van der Waals surface area contributed by atoms with Gasteiger partial charge in [0.1, 0.15) is 5.75 Å². The van der Waals surface area contributed by atoms with E-state index in [1.807, 2.05) is 61.6 Å². The van der Waals surface area contributed by atoms with E-state index in [0.717, 1.165) is 42.8 Å². The maximum atomic E-state index is 12.7. The van der Waals surface area contributed by atoms with Gasteiger partial charge in [-0.2, -0.15) is 0 Å². The number of nitrogens with one attached hydrogen (secondary N) is 1. The second kappa shape index (κ2) is 8.71. The average Bonchev–Trinajstić information content (AvgIpc) is 2.74. The maximum Gasteiger partial charge on any atom is 0.229 e. The largest absolute Gasteiger partial charge is 0.497 e. The van der Waals surface area contributed by atoms with Crippen molar-refractivity contribution in [3.8, 4) is 5.75 Å². The molecule has 0 bridgehead atoms. The molecular formula is C22H26N2O3. The van der Waals surface area contributed by atoms with E-state index in [0.29, 0.717) is 0 Å². The SMILES string of the molecule is COc1ccc(NC(=O)C2CCC(C(=O)N(C)c3ccccc3)CC2)cc1. The molecule has 1 saturated carbocycles. The van der Waals surface area contributed by atoms with Gasteiger partial charge in [-0.3, -0.25) is 9.59 Å². The number of benzene rings is 2. The van der Waals surface area contributed by atoms with Gasteiger partial charge in [0.15, 0.2) is 0 Å². The molecule has 0 unspecified atom stereocenters. The van der Waals surface area contributed by atoms with Crippen molar-refractivity contribution in [2.45, 2.75) is 25.7 Å². The molecule has 1 aliphatic rings. The highest BCUT2D eigenvalue weighted by molar-refractivity contribution is 5.95. The third-order valence-corrected chi connectivity index (χ3v) is 5.28. The molecule has 0 aromatic heterocycles. The molecule has 0 atom stereocenters. The Bertz CT molecular complexity index is 766. The molecule has 2 aromatic carbocycles. The van der Waals surface area contributed by atoms with Gasteiger partial charge in [0.2, 0.25) is 11.8 Å². The van der Waals surface area contributed by atoms with Crippen molar-refractivity contribution >= 4 is 23.2 Å². The summed E-state index contributed by atoms with van der Waals surface area (Å²) in [4.78, 5) is 27.0. The van der Waals surface area contributed by atoms with Gasteiger partial charge in [0.25, 0.3) is 0 Å². The highest BCUT2D eigenvalue weighted by Gasteiger charge is 2.31. The Kier molecular flexibility index (Phi) is 6.12. The van der Waals surface area contributed by atoms with Crippen LogP contribution in [0.25, 0.3) is 0 Å². The van der Waals surface area contributed by atoms with E-state index in [1.54, 1.807) is 12.0 Å². The molecule has 0 radical (unpaired) electrons. The molecule has 142 valence electrons. The van der Waals surface area contributed by atoms with Crippen molar-refractivity contribution in [3.05, 3.63) is 54.6 Å². The van der Waals surface area contributed by atoms with Gasteiger partial charge in [-0.05, 0) is 62.1 Å². The van der Waals surface area contributed by atoms with Crippen LogP contribution in [0.1, 0.15) is 25.7 Å². The number of ether oxygens (including phenoxy) is 1. The molecule has 1 N–H and O–H groups in total. The predicted molar refractivity (Wildman–Crippen MR) is 107 cm³/mol. The zero-order valence-corrected chi connectivity index (χ0v) is 15.9. The predicted octanol–water partition coefficient (Wildman–Crippen LogP) is 4.10. The van der Waals surface area contributed by atoms with Crippen LogP contribution in [-0.2, 0) is 9.59 Å². The Morgan fingerprint density at radius 3 is 2.11 bits per heavy atom. The molecule has 5 nitrogen and oxygen atoms in total. The van der Waals surface area contributed by atoms with Crippen molar-refractivity contribution < 1.29 is 14.3 Å². The molecule has 5 heteroatoms. The first kappa shape index (κ1) is 19.0. The number of rotatable bonds is 5. The van der Waals surface area contributed by atoms with Crippen molar-refractivity contribution in [1.82, 2.24) is 0 Å². The van der Waals surface area contributed by atoms with Gasteiger partial charge in [-0.1, -0.05) is 18.2 Å². The first-order chi connectivity index (χ1) is 13.1. The zero-order chi connectivity index (χ0) is 19.2. The van der Waals surface area contributed by atoms with E-state index >= 15 is 0 Å². The lowest BCUT2D eigenvalue weighted by atomic mass is 9.81. The number of hydrogen-bond acceptors (Lipinski definition) is 3. The number of carbonyl (C=O) groups excluding carboxylic acids is 2. The quantitative estimate of drug-likeness (QED) is 0.867. The van der Waals surface area contributed by atoms with E-state index in [2.05, 4.69) is 5.32 Å². The summed E-state index contributed by atoms with van der Waals surface area (Å²) >= 11 is 0. The summed E-state index contributed by atoms with van der Waals surface area (Å²) in [6.45, 7) is 0. The van der Waals surface area contributed by atoms with Gasteiger partial charge < -0.3 is 15.0 Å². The highest BCUT2D eigenvalue weighted by atomic mass is 16.5. The number of nitrogens with zero attached hydrogens (tertiary/aromatic N) is 1. The first-order valence-corrected chi connectivity index (χ1v) is 9.36. The van der Waals surface area contributed by atoms with Crippen molar-refractivity contribution in [1.29, 1.82) is 0 Å². The molecule has 0 spiro atoms. The van der Waals surface area contributed by atoms with Crippen LogP contribution >= 0.6 is 0 Å². The molecule has 1 fully saturated rings. The van der Waals surface area contributed by atoms with Gasteiger partial charge in [-0.25, -0.2) is 0 Å². The van der Waals surface area contributed by atoms with E-state index in [9.17, 15) is 9.59 Å². The van der Waals surface area contributed by atoms with E-state index in [4.69, 9.17) is 4.74 Å². The minimum absolute atomic E-state index is 0.0137. The average molecular weight is 366 g/mol. The van der Waals surface area contributed by atoms with Crippen LogP contribution in [0.4, 0.5) is 11.4 Å². The van der Waals surface area contributed by atoms with E-state index in [-0.39, 0.29) is 23.7 Å². The molecule has 2 amide bonds. The fourth-order valence-corrected chi connectivity index (χ4v) is 3.57. The van der Waals surface area contributed by atoms with Crippen LogP contribution < -0.4 is 15.0 Å². The molecule has 0 saturated heterocycles. The normalized spacial score (nSPS) is 19.2. The smallest absolute Gasteiger partial charge is 0.229 e. The second-order valence-corrected chi connectivity index (χ2v) is 7.00. The Labute approximate surface area is 160 Å². The number of anilines is 2. The fraction of sp³-hybridized carbons (Fsp3) is 0.364. The number of methoxy groups -OCH3 is 1. The van der Waals surface area contributed by atoms with Crippen molar-refractivity contribution in [2.24, 2.45) is 11.8 Å². The van der Waals surface area contributed by atoms with Crippen LogP contribution in [0.3, 0.4) is 0 Å². The second-order valence-electron chi connectivity index (χ2n) is 7.00. The minimum Gasteiger partial charge on any atom is -0.497 e. The number of para-hydroxylation sites is 1. The first-order valence-electron chi connectivity index (χ1n) is 9.36. The van der Waals surface area contributed by atoms with Gasteiger partial charge in [0, 0.05) is 30.3 Å². The molecule has 27 heavy (non-hydrogen) atoms. The van der Waals surface area contributed by atoms with Crippen LogP contribution in [0.15, 0.2) is 54.6 Å². The van der Waals surface area contributed by atoms with E-state index < -0.39 is 0 Å². The number of amides is 2. The number of carbonyl (C=O) groups is 2. The molecule has 1 aliphatic carbocycles. The monoisotopic (exact) mass is 366 g/mol. The maximum absolute atomic E-state index is 12.7. The van der Waals surface area contributed by atoms with Crippen LogP contribution in [0.2, 0.25) is 0 Å². The fourth-order valence-electron chi connectivity index (χ4n) is 3.57. The summed E-state index contributed by atoms with van der Waals surface area (Å²) in [7, 11) is 3.43. The summed E-state index contributed by atoms with van der Waals surface area (Å²) in [6, 6.07) is 17.0. The summed E-state index contributed by atoms with van der Waals surface area (Å²) in [5.41, 5.74) is 1.67. The summed E-state index contributed by atoms with van der Waals surface area (Å²) < 4.78 is 5.13. The minimum atomic E-state index is -0.0433. The van der Waals surface area contributed by atoms with Gasteiger partial charge in [-0.15, -0.1) is 0 Å². The zero-order valence-electron chi connectivity index (χ0n) is 15.9. The highest BCUT2D eigenvalue weighted by Crippen LogP contribution is 2.31. The third kappa shape index (κ3) is 4.67.